The minimum Gasteiger partial charge on any atom is -0.481 e. The number of carboxylic acid groups (broad SMARTS) is 1. The van der Waals surface area contributed by atoms with Gasteiger partial charge in [-0.25, -0.2) is 14.4 Å². The topological polar surface area (TPSA) is 253 Å². The molecule has 0 heterocycles. The fourth-order valence-electron chi connectivity index (χ4n) is 1.73. The van der Waals surface area contributed by atoms with Crippen molar-refractivity contribution in [1.82, 2.24) is 10.6 Å². The molecule has 0 saturated heterocycles. The number of esters is 2. The van der Waals surface area contributed by atoms with Gasteiger partial charge in [0.2, 0.25) is 5.78 Å². The van der Waals surface area contributed by atoms with E-state index in [1.54, 1.807) is 0 Å². The smallest absolute Gasteiger partial charge is 0.374 e. The number of ether oxygens (including phenoxy) is 2. The molecule has 0 aliphatic heterocycles. The molecule has 18 nitrogen and oxygen atoms in total. The summed E-state index contributed by atoms with van der Waals surface area (Å²) >= 11 is 0. The fourth-order valence-corrected chi connectivity index (χ4v) is 1.73. The Morgan fingerprint density at radius 3 is 2.19 bits per heavy atom. The van der Waals surface area contributed by atoms with Crippen molar-refractivity contribution >= 4 is 29.7 Å². The van der Waals surface area contributed by atoms with Crippen molar-refractivity contribution in [1.29, 1.82) is 0 Å². The van der Waals surface area contributed by atoms with Crippen molar-refractivity contribution in [3.05, 3.63) is 20.2 Å². The fraction of sp³-hybridized carbons (Fsp3) is 0.643. The number of hydrogen-bond acceptors (Lipinski definition) is 13. The summed E-state index contributed by atoms with van der Waals surface area (Å²) in [6.45, 7) is -1.97. The van der Waals surface area contributed by atoms with Gasteiger partial charge in [0.25, 0.3) is 10.2 Å². The van der Waals surface area contributed by atoms with E-state index in [1.807, 2.05) is 5.32 Å². The third-order valence-corrected chi connectivity index (χ3v) is 3.12. The molecule has 0 fully saturated rings. The molecule has 0 saturated carbocycles. The number of carbonyl (C=O) groups excluding carboxylic acids is 4. The Morgan fingerprint density at radius 1 is 1.00 bits per heavy atom. The number of urea groups is 1. The highest BCUT2D eigenvalue weighted by Crippen LogP contribution is 2.00. The number of carboxylic acids is 1. The number of Topliss-reactive ketones (excluding diaryl/α,β-unsaturated/α-hetero) is 1. The van der Waals surface area contributed by atoms with E-state index in [0.717, 1.165) is 6.92 Å². The standard InChI is InChI=1S/C14H20N4O14/c1-8(19)12(22)30-7-10(16-14(24)15-4-2-3-11(20)21)13(23)29-5-9(32-18(27)28)6-31-17(25)26/h9-10H,2-7H2,1H3,(H,20,21)(H2,15,16,24)/t9-,10+/m1/s1. The molecule has 0 radical (unpaired) electrons. The lowest BCUT2D eigenvalue weighted by atomic mass is 10.3. The van der Waals surface area contributed by atoms with Crippen LogP contribution in [0.5, 0.6) is 0 Å². The lowest BCUT2D eigenvalue weighted by molar-refractivity contribution is -0.790. The van der Waals surface area contributed by atoms with Crippen molar-refractivity contribution in [2.45, 2.75) is 31.9 Å². The van der Waals surface area contributed by atoms with E-state index in [2.05, 4.69) is 24.5 Å². The number of hydrogen-bond donors (Lipinski definition) is 3. The minimum absolute atomic E-state index is 0.0630. The van der Waals surface area contributed by atoms with Crippen LogP contribution in [0.15, 0.2) is 0 Å². The first-order valence-corrected chi connectivity index (χ1v) is 8.61. The largest absolute Gasteiger partial charge is 0.481 e. The number of rotatable bonds is 16. The second kappa shape index (κ2) is 14.7. The third-order valence-electron chi connectivity index (χ3n) is 3.12. The molecule has 0 aliphatic rings. The van der Waals surface area contributed by atoms with Gasteiger partial charge in [-0.2, -0.15) is 0 Å². The van der Waals surface area contributed by atoms with Gasteiger partial charge in [-0.3, -0.25) is 9.59 Å². The Labute approximate surface area is 178 Å². The summed E-state index contributed by atoms with van der Waals surface area (Å²) in [4.78, 5) is 85.3. The summed E-state index contributed by atoms with van der Waals surface area (Å²) in [5, 5.41) is 30.8. The SMILES string of the molecule is CC(=O)C(=O)OC[C@H](NC(=O)NCCCC(=O)O)C(=O)OC[C@H](CO[N+](=O)[O-])O[N+](=O)[O-]. The van der Waals surface area contributed by atoms with E-state index in [9.17, 15) is 44.2 Å². The summed E-state index contributed by atoms with van der Waals surface area (Å²) < 4.78 is 9.21. The minimum atomic E-state index is -1.70. The zero-order chi connectivity index (χ0) is 24.7. The summed E-state index contributed by atoms with van der Waals surface area (Å²) in [5.74, 6) is -4.75. The molecular weight excluding hydrogens is 448 g/mol. The van der Waals surface area contributed by atoms with Gasteiger partial charge >= 0.3 is 23.9 Å². The predicted octanol–water partition coefficient (Wildman–Crippen LogP) is -2.02. The molecule has 180 valence electrons. The average Bonchev–Trinajstić information content (AvgIpc) is 2.69. The molecule has 2 amide bonds. The quantitative estimate of drug-likeness (QED) is 0.0726. The molecule has 0 rings (SSSR count). The highest BCUT2D eigenvalue weighted by Gasteiger charge is 2.27. The number of aliphatic carboxylic acids is 1. The normalized spacial score (nSPS) is 11.8. The van der Waals surface area contributed by atoms with Crippen molar-refractivity contribution in [2.24, 2.45) is 0 Å². The van der Waals surface area contributed by atoms with Gasteiger partial charge in [-0.1, -0.05) is 0 Å². The Kier molecular flexibility index (Phi) is 12.7. The van der Waals surface area contributed by atoms with E-state index < -0.39 is 71.9 Å². The summed E-state index contributed by atoms with van der Waals surface area (Å²) in [5.41, 5.74) is 0. The average molecular weight is 468 g/mol. The van der Waals surface area contributed by atoms with Crippen molar-refractivity contribution in [2.75, 3.05) is 26.4 Å². The number of nitrogens with one attached hydrogen (secondary N) is 2. The maximum Gasteiger partial charge on any atom is 0.374 e. The Hall–Kier alpha value is -4.25. The first kappa shape index (κ1) is 27.8. The Balaban J connectivity index is 4.97. The van der Waals surface area contributed by atoms with Gasteiger partial charge in [0.1, 0.15) is 19.8 Å². The molecule has 2 atom stereocenters. The lowest BCUT2D eigenvalue weighted by Gasteiger charge is -2.19. The van der Waals surface area contributed by atoms with E-state index in [4.69, 9.17) is 5.11 Å². The second-order valence-corrected chi connectivity index (χ2v) is 5.71. The lowest BCUT2D eigenvalue weighted by Crippen LogP contribution is -2.50. The Morgan fingerprint density at radius 2 is 1.66 bits per heavy atom. The van der Waals surface area contributed by atoms with Gasteiger partial charge in [0.05, 0.1) is 0 Å². The number of carbonyl (C=O) groups is 5. The van der Waals surface area contributed by atoms with Gasteiger partial charge < -0.3 is 34.9 Å². The summed E-state index contributed by atoms with van der Waals surface area (Å²) in [6.07, 6.45) is -1.89. The highest BCUT2D eigenvalue weighted by molar-refractivity contribution is 6.32. The highest BCUT2D eigenvalue weighted by atomic mass is 17.0. The van der Waals surface area contributed by atoms with Crippen molar-refractivity contribution < 1.29 is 58.4 Å². The number of nitrogens with zero attached hydrogens (tertiary/aromatic N) is 2. The van der Waals surface area contributed by atoms with Crippen LogP contribution < -0.4 is 10.6 Å². The van der Waals surface area contributed by atoms with Crippen LogP contribution >= 0.6 is 0 Å². The van der Waals surface area contributed by atoms with Crippen LogP contribution in [-0.2, 0) is 38.3 Å². The molecule has 0 unspecified atom stereocenters. The molecule has 0 bridgehead atoms. The molecule has 0 aromatic carbocycles. The number of amides is 2. The molecule has 3 N–H and O–H groups in total. The summed E-state index contributed by atoms with van der Waals surface area (Å²) in [7, 11) is 0. The molecular formula is C14H20N4O14. The van der Waals surface area contributed by atoms with Crippen LogP contribution in [0.25, 0.3) is 0 Å². The first-order valence-electron chi connectivity index (χ1n) is 8.61. The van der Waals surface area contributed by atoms with Gasteiger partial charge in [-0.05, 0) is 6.42 Å². The van der Waals surface area contributed by atoms with Crippen molar-refractivity contribution in [3.63, 3.8) is 0 Å². The maximum absolute atomic E-state index is 12.2. The first-order chi connectivity index (χ1) is 14.9. The van der Waals surface area contributed by atoms with E-state index in [0.29, 0.717) is 0 Å². The summed E-state index contributed by atoms with van der Waals surface area (Å²) in [6, 6.07) is -2.70. The molecule has 18 heteroatoms. The van der Waals surface area contributed by atoms with Gasteiger partial charge in [0.15, 0.2) is 12.1 Å². The predicted molar refractivity (Wildman–Crippen MR) is 94.6 cm³/mol. The molecule has 0 aromatic heterocycles. The maximum atomic E-state index is 12.2. The van der Waals surface area contributed by atoms with E-state index >= 15 is 0 Å². The molecule has 0 aromatic rings. The third kappa shape index (κ3) is 13.8. The van der Waals surface area contributed by atoms with Crippen LogP contribution in [0.3, 0.4) is 0 Å². The van der Waals surface area contributed by atoms with E-state index in [-0.39, 0.29) is 19.4 Å². The van der Waals surface area contributed by atoms with E-state index in [1.165, 1.54) is 0 Å². The second-order valence-electron chi connectivity index (χ2n) is 5.71. The van der Waals surface area contributed by atoms with Gasteiger partial charge in [-0.15, -0.1) is 20.2 Å². The van der Waals surface area contributed by atoms with Gasteiger partial charge in [0, 0.05) is 19.9 Å². The number of ketones is 1. The van der Waals surface area contributed by atoms with Crippen LogP contribution in [-0.4, -0.2) is 83.5 Å². The van der Waals surface area contributed by atoms with Crippen LogP contribution in [0.4, 0.5) is 4.79 Å². The van der Waals surface area contributed by atoms with Crippen molar-refractivity contribution in [3.8, 4) is 0 Å². The van der Waals surface area contributed by atoms with Crippen LogP contribution in [0.2, 0.25) is 0 Å². The molecule has 32 heavy (non-hydrogen) atoms. The van der Waals surface area contributed by atoms with Crippen LogP contribution in [0, 0.1) is 20.2 Å². The zero-order valence-electron chi connectivity index (χ0n) is 16.5. The Bertz CT molecular complexity index is 726. The monoisotopic (exact) mass is 468 g/mol. The molecule has 0 spiro atoms. The zero-order valence-corrected chi connectivity index (χ0v) is 16.5. The van der Waals surface area contributed by atoms with Crippen LogP contribution in [0.1, 0.15) is 19.8 Å². The molecule has 0 aliphatic carbocycles.